The van der Waals surface area contributed by atoms with Crippen LogP contribution in [0, 0.1) is 0 Å². The summed E-state index contributed by atoms with van der Waals surface area (Å²) in [6.07, 6.45) is 0. The molecule has 2 rings (SSSR count). The number of anilines is 1. The van der Waals surface area contributed by atoms with Crippen LogP contribution < -0.4 is 15.4 Å². The Morgan fingerprint density at radius 2 is 2.39 bits per heavy atom. The second-order valence-electron chi connectivity index (χ2n) is 4.41. The molecule has 2 amide bonds. The smallest absolute Gasteiger partial charge is 0.322 e. The number of amides is 2. The van der Waals surface area contributed by atoms with Gasteiger partial charge in [0.25, 0.3) is 0 Å². The monoisotopic (exact) mass is 249 g/mol. The molecule has 5 heteroatoms. The van der Waals surface area contributed by atoms with Crippen LogP contribution in [-0.2, 0) is 0 Å². The number of piperazine rings is 1. The van der Waals surface area contributed by atoms with Gasteiger partial charge in [-0.25, -0.2) is 4.79 Å². The molecule has 1 aromatic carbocycles. The number of carbonyl (C=O) groups is 1. The van der Waals surface area contributed by atoms with Gasteiger partial charge in [0.1, 0.15) is 5.75 Å². The quantitative estimate of drug-likeness (QED) is 0.835. The molecule has 5 nitrogen and oxygen atoms in total. The zero-order valence-electron chi connectivity index (χ0n) is 10.8. The number of methoxy groups -OCH3 is 1. The van der Waals surface area contributed by atoms with E-state index >= 15 is 0 Å². The van der Waals surface area contributed by atoms with Crippen LogP contribution in [0.15, 0.2) is 24.3 Å². The van der Waals surface area contributed by atoms with E-state index < -0.39 is 0 Å². The largest absolute Gasteiger partial charge is 0.497 e. The van der Waals surface area contributed by atoms with E-state index in [1.165, 1.54) is 0 Å². The van der Waals surface area contributed by atoms with Gasteiger partial charge in [-0.05, 0) is 19.1 Å². The Kier molecular flexibility index (Phi) is 4.04. The number of benzene rings is 1. The standard InChI is InChI=1S/C13H19N3O2/c1-10-9-14-6-7-16(10)13(17)15-11-4-3-5-12(8-11)18-2/h3-5,8,10,14H,6-7,9H2,1-2H3,(H,15,17)/t10-/m0/s1. The second kappa shape index (κ2) is 5.73. The van der Waals surface area contributed by atoms with Gasteiger partial charge in [-0.15, -0.1) is 0 Å². The molecule has 0 radical (unpaired) electrons. The van der Waals surface area contributed by atoms with Gasteiger partial charge in [-0.1, -0.05) is 6.07 Å². The lowest BCUT2D eigenvalue weighted by Gasteiger charge is -2.33. The minimum Gasteiger partial charge on any atom is -0.497 e. The molecule has 0 saturated carbocycles. The van der Waals surface area contributed by atoms with Crippen LogP contribution in [0.25, 0.3) is 0 Å². The zero-order chi connectivity index (χ0) is 13.0. The van der Waals surface area contributed by atoms with Crippen molar-refractivity contribution in [3.8, 4) is 5.75 Å². The summed E-state index contributed by atoms with van der Waals surface area (Å²) in [5.41, 5.74) is 0.755. The van der Waals surface area contributed by atoms with Crippen LogP contribution in [-0.4, -0.2) is 43.7 Å². The number of hydrogen-bond acceptors (Lipinski definition) is 3. The first-order valence-electron chi connectivity index (χ1n) is 6.13. The number of nitrogens with one attached hydrogen (secondary N) is 2. The maximum Gasteiger partial charge on any atom is 0.322 e. The summed E-state index contributed by atoms with van der Waals surface area (Å²) in [5, 5.41) is 6.16. The molecule has 1 atom stereocenters. The number of carbonyl (C=O) groups excluding carboxylic acids is 1. The van der Waals surface area contributed by atoms with E-state index in [9.17, 15) is 4.79 Å². The fraction of sp³-hybridized carbons (Fsp3) is 0.462. The van der Waals surface area contributed by atoms with Crippen LogP contribution in [0.1, 0.15) is 6.92 Å². The molecule has 0 aliphatic carbocycles. The maximum absolute atomic E-state index is 12.1. The van der Waals surface area contributed by atoms with Crippen molar-refractivity contribution in [3.05, 3.63) is 24.3 Å². The topological polar surface area (TPSA) is 53.6 Å². The minimum absolute atomic E-state index is 0.0581. The Morgan fingerprint density at radius 1 is 1.56 bits per heavy atom. The van der Waals surface area contributed by atoms with Crippen molar-refractivity contribution in [2.45, 2.75) is 13.0 Å². The molecule has 1 aromatic rings. The first-order valence-corrected chi connectivity index (χ1v) is 6.13. The molecule has 1 heterocycles. The lowest BCUT2D eigenvalue weighted by molar-refractivity contribution is 0.177. The van der Waals surface area contributed by atoms with Crippen LogP contribution in [0.4, 0.5) is 10.5 Å². The Labute approximate surface area is 107 Å². The van der Waals surface area contributed by atoms with Crippen molar-refractivity contribution >= 4 is 11.7 Å². The predicted octanol–water partition coefficient (Wildman–Crippen LogP) is 1.52. The van der Waals surface area contributed by atoms with Gasteiger partial charge in [0.05, 0.1) is 7.11 Å². The van der Waals surface area contributed by atoms with Crippen molar-refractivity contribution in [1.82, 2.24) is 10.2 Å². The van der Waals surface area contributed by atoms with Crippen molar-refractivity contribution < 1.29 is 9.53 Å². The second-order valence-corrected chi connectivity index (χ2v) is 4.41. The lowest BCUT2D eigenvalue weighted by Crippen LogP contribution is -2.53. The van der Waals surface area contributed by atoms with E-state index in [0.717, 1.165) is 31.1 Å². The molecule has 1 saturated heterocycles. The summed E-state index contributed by atoms with van der Waals surface area (Å²) in [7, 11) is 1.61. The normalized spacial score (nSPS) is 19.4. The third kappa shape index (κ3) is 2.92. The molecule has 2 N–H and O–H groups in total. The molecule has 18 heavy (non-hydrogen) atoms. The summed E-state index contributed by atoms with van der Waals surface area (Å²) >= 11 is 0. The van der Waals surface area contributed by atoms with E-state index in [4.69, 9.17) is 4.74 Å². The Morgan fingerprint density at radius 3 is 3.11 bits per heavy atom. The van der Waals surface area contributed by atoms with E-state index in [2.05, 4.69) is 10.6 Å². The van der Waals surface area contributed by atoms with Gasteiger partial charge in [0.15, 0.2) is 0 Å². The number of hydrogen-bond donors (Lipinski definition) is 2. The summed E-state index contributed by atoms with van der Waals surface area (Å²) in [6.45, 7) is 4.45. The Hall–Kier alpha value is -1.75. The fourth-order valence-electron chi connectivity index (χ4n) is 2.04. The van der Waals surface area contributed by atoms with Gasteiger partial charge in [-0.3, -0.25) is 0 Å². The number of ether oxygens (including phenoxy) is 1. The Balaban J connectivity index is 2.01. The van der Waals surface area contributed by atoms with E-state index in [0.29, 0.717) is 0 Å². The van der Waals surface area contributed by atoms with Crippen molar-refractivity contribution in [2.24, 2.45) is 0 Å². The molecular formula is C13H19N3O2. The highest BCUT2D eigenvalue weighted by Gasteiger charge is 2.22. The number of rotatable bonds is 2. The number of nitrogens with zero attached hydrogens (tertiary/aromatic N) is 1. The number of urea groups is 1. The molecule has 0 bridgehead atoms. The van der Waals surface area contributed by atoms with Gasteiger partial charge in [0.2, 0.25) is 0 Å². The average Bonchev–Trinajstić information content (AvgIpc) is 2.39. The van der Waals surface area contributed by atoms with Crippen molar-refractivity contribution in [1.29, 1.82) is 0 Å². The van der Waals surface area contributed by atoms with Crippen LogP contribution >= 0.6 is 0 Å². The molecule has 1 aliphatic rings. The summed E-state index contributed by atoms with van der Waals surface area (Å²) in [5.74, 6) is 0.737. The van der Waals surface area contributed by atoms with E-state index in [-0.39, 0.29) is 12.1 Å². The zero-order valence-corrected chi connectivity index (χ0v) is 10.8. The first kappa shape index (κ1) is 12.7. The molecule has 0 aromatic heterocycles. The van der Waals surface area contributed by atoms with Gasteiger partial charge >= 0.3 is 6.03 Å². The van der Waals surface area contributed by atoms with E-state index in [1.807, 2.05) is 36.1 Å². The van der Waals surface area contributed by atoms with E-state index in [1.54, 1.807) is 7.11 Å². The molecular weight excluding hydrogens is 230 g/mol. The van der Waals surface area contributed by atoms with Crippen LogP contribution in [0.5, 0.6) is 5.75 Å². The maximum atomic E-state index is 12.1. The first-order chi connectivity index (χ1) is 8.70. The summed E-state index contributed by atoms with van der Waals surface area (Å²) in [6, 6.07) is 7.53. The highest BCUT2D eigenvalue weighted by molar-refractivity contribution is 5.89. The fourth-order valence-corrected chi connectivity index (χ4v) is 2.04. The summed E-state index contributed by atoms with van der Waals surface area (Å²) in [4.78, 5) is 14.0. The molecule has 0 unspecified atom stereocenters. The molecule has 0 spiro atoms. The van der Waals surface area contributed by atoms with Crippen LogP contribution in [0.3, 0.4) is 0 Å². The highest BCUT2D eigenvalue weighted by Crippen LogP contribution is 2.17. The molecule has 1 aliphatic heterocycles. The third-order valence-corrected chi connectivity index (χ3v) is 3.08. The average molecular weight is 249 g/mol. The van der Waals surface area contributed by atoms with Gasteiger partial charge < -0.3 is 20.3 Å². The van der Waals surface area contributed by atoms with Crippen molar-refractivity contribution in [3.63, 3.8) is 0 Å². The predicted molar refractivity (Wildman–Crippen MR) is 71.1 cm³/mol. The van der Waals surface area contributed by atoms with Crippen molar-refractivity contribution in [2.75, 3.05) is 32.1 Å². The lowest BCUT2D eigenvalue weighted by atomic mass is 10.2. The SMILES string of the molecule is COc1cccc(NC(=O)N2CCNC[C@@H]2C)c1. The third-order valence-electron chi connectivity index (χ3n) is 3.08. The molecule has 98 valence electrons. The molecule has 1 fully saturated rings. The summed E-state index contributed by atoms with van der Waals surface area (Å²) < 4.78 is 5.13. The van der Waals surface area contributed by atoms with Gasteiger partial charge in [-0.2, -0.15) is 0 Å². The minimum atomic E-state index is -0.0581. The Bertz CT molecular complexity index is 422. The highest BCUT2D eigenvalue weighted by atomic mass is 16.5. The van der Waals surface area contributed by atoms with Crippen LogP contribution in [0.2, 0.25) is 0 Å². The van der Waals surface area contributed by atoms with Gasteiger partial charge in [0, 0.05) is 37.4 Å².